The number of alkyl halides is 3. The number of likely N-dealkylation sites (tertiary alicyclic amines) is 1. The number of aromatic nitrogens is 5. The van der Waals surface area contributed by atoms with Crippen LogP contribution in [0, 0.1) is 5.92 Å². The molecule has 1 atom stereocenters. The Morgan fingerprint density at radius 3 is 2.53 bits per heavy atom. The van der Waals surface area contributed by atoms with E-state index in [0.717, 1.165) is 68.4 Å². The Morgan fingerprint density at radius 1 is 1.00 bits per heavy atom. The Kier molecular flexibility index (Phi) is 8.79. The first-order valence-corrected chi connectivity index (χ1v) is 17.7. The fraction of sp³-hybridized carbons (Fsp3) is 0.405. The van der Waals surface area contributed by atoms with Crippen molar-refractivity contribution in [3.63, 3.8) is 0 Å². The Morgan fingerprint density at radius 2 is 1.77 bits per heavy atom. The van der Waals surface area contributed by atoms with Gasteiger partial charge in [-0.1, -0.05) is 12.1 Å². The number of hydrogen-bond donors (Lipinski definition) is 2. The summed E-state index contributed by atoms with van der Waals surface area (Å²) in [5.74, 6) is -0.407. The lowest BCUT2D eigenvalue weighted by Crippen LogP contribution is -2.55. The second kappa shape index (κ2) is 13.5. The molecule has 3 amide bonds. The van der Waals surface area contributed by atoms with Crippen LogP contribution in [0.4, 0.5) is 18.9 Å². The number of nitrogens with zero attached hydrogens (tertiary/aromatic N) is 6. The highest BCUT2D eigenvalue weighted by molar-refractivity contribution is 6.04. The first-order valence-electron chi connectivity index (χ1n) is 17.7. The zero-order chi connectivity index (χ0) is 37.0. The van der Waals surface area contributed by atoms with E-state index >= 15 is 0 Å². The van der Waals surface area contributed by atoms with E-state index < -0.39 is 29.7 Å². The number of anilines is 1. The number of aryl methyl sites for hydroxylation is 1. The summed E-state index contributed by atoms with van der Waals surface area (Å²) in [6, 6.07) is 13.4. The van der Waals surface area contributed by atoms with Gasteiger partial charge in [0.25, 0.3) is 5.91 Å². The van der Waals surface area contributed by atoms with Crippen molar-refractivity contribution in [2.75, 3.05) is 25.0 Å². The summed E-state index contributed by atoms with van der Waals surface area (Å²) in [5, 5.41) is 10.6. The fourth-order valence-electron chi connectivity index (χ4n) is 7.83. The van der Waals surface area contributed by atoms with Crippen molar-refractivity contribution in [1.29, 1.82) is 0 Å². The molecule has 2 aliphatic heterocycles. The summed E-state index contributed by atoms with van der Waals surface area (Å²) in [4.78, 5) is 56.0. The van der Waals surface area contributed by atoms with Crippen molar-refractivity contribution < 1.29 is 32.3 Å². The molecule has 276 valence electrons. The zero-order valence-corrected chi connectivity index (χ0v) is 28.8. The number of ether oxygens (including phenoxy) is 1. The first kappa shape index (κ1) is 34.6. The van der Waals surface area contributed by atoms with E-state index in [4.69, 9.17) is 9.84 Å². The molecular weight excluding hydrogens is 693 g/mol. The normalized spacial score (nSPS) is 21.5. The van der Waals surface area contributed by atoms with Gasteiger partial charge in [-0.15, -0.1) is 0 Å². The van der Waals surface area contributed by atoms with Crippen molar-refractivity contribution in [3.05, 3.63) is 82.7 Å². The number of hydrogen-bond acceptors (Lipinski definition) is 8. The molecule has 53 heavy (non-hydrogen) atoms. The molecule has 3 fully saturated rings. The van der Waals surface area contributed by atoms with E-state index in [1.807, 2.05) is 23.0 Å². The highest BCUT2D eigenvalue weighted by Gasteiger charge is 2.35. The summed E-state index contributed by atoms with van der Waals surface area (Å²) in [6.07, 6.45) is 1.75. The number of benzene rings is 2. The quantitative estimate of drug-likeness (QED) is 0.216. The monoisotopic (exact) mass is 730 g/mol. The molecule has 8 rings (SSSR count). The number of halogens is 3. The summed E-state index contributed by atoms with van der Waals surface area (Å²) < 4.78 is 50.5. The van der Waals surface area contributed by atoms with E-state index in [1.54, 1.807) is 31.3 Å². The molecule has 5 heterocycles. The van der Waals surface area contributed by atoms with Gasteiger partial charge < -0.3 is 10.1 Å². The number of carbonyl (C=O) groups is 3. The van der Waals surface area contributed by atoms with Crippen molar-refractivity contribution in [2.24, 2.45) is 13.0 Å². The maximum Gasteiger partial charge on any atom is 0.433 e. The minimum atomic E-state index is -4.64. The number of amides is 3. The van der Waals surface area contributed by atoms with Crippen molar-refractivity contribution in [3.8, 4) is 5.75 Å². The molecule has 2 aromatic carbocycles. The Bertz CT molecular complexity index is 2300. The minimum Gasteiger partial charge on any atom is -0.485 e. The molecule has 2 saturated heterocycles. The molecule has 0 radical (unpaired) electrons. The van der Waals surface area contributed by atoms with Crippen LogP contribution in [0.1, 0.15) is 66.8 Å². The van der Waals surface area contributed by atoms with Crippen LogP contribution in [-0.4, -0.2) is 72.3 Å². The Hall–Kier alpha value is -5.51. The second-order valence-electron chi connectivity index (χ2n) is 14.2. The van der Waals surface area contributed by atoms with Crippen LogP contribution in [0.3, 0.4) is 0 Å². The van der Waals surface area contributed by atoms with Crippen LogP contribution in [0.25, 0.3) is 21.9 Å². The Labute approximate surface area is 300 Å². The lowest BCUT2D eigenvalue weighted by molar-refractivity contribution is -0.141. The average Bonchev–Trinajstić information content (AvgIpc) is 3.65. The summed E-state index contributed by atoms with van der Waals surface area (Å²) >= 11 is 0. The number of pyridine rings is 1. The number of piperidine rings is 1. The molecular formula is C37H37F3N8O5. The topological polar surface area (TPSA) is 145 Å². The maximum atomic E-state index is 13.2. The highest BCUT2D eigenvalue weighted by atomic mass is 19.4. The Balaban J connectivity index is 0.839. The van der Waals surface area contributed by atoms with Gasteiger partial charge in [-0.25, -0.2) is 9.78 Å². The number of imide groups is 1. The largest absolute Gasteiger partial charge is 0.485 e. The molecule has 16 heteroatoms. The van der Waals surface area contributed by atoms with Crippen molar-refractivity contribution >= 4 is 45.3 Å². The van der Waals surface area contributed by atoms with Gasteiger partial charge in [0.1, 0.15) is 34.8 Å². The van der Waals surface area contributed by atoms with Gasteiger partial charge in [0.2, 0.25) is 11.8 Å². The first-order chi connectivity index (χ1) is 25.4. The van der Waals surface area contributed by atoms with Crippen molar-refractivity contribution in [2.45, 2.75) is 62.9 Å². The molecule has 0 bridgehead atoms. The van der Waals surface area contributed by atoms with Crippen LogP contribution in [0.5, 0.6) is 5.75 Å². The lowest BCUT2D eigenvalue weighted by Gasteiger charge is -2.42. The van der Waals surface area contributed by atoms with Gasteiger partial charge in [0, 0.05) is 50.4 Å². The minimum absolute atomic E-state index is 0.0292. The molecule has 5 aromatic rings. The smallest absolute Gasteiger partial charge is 0.433 e. The lowest BCUT2D eigenvalue weighted by atomic mass is 9.85. The third-order valence-corrected chi connectivity index (χ3v) is 10.6. The molecule has 3 aliphatic rings. The van der Waals surface area contributed by atoms with E-state index in [1.165, 1.54) is 15.2 Å². The number of carbonyl (C=O) groups excluding carboxylic acids is 3. The molecule has 0 spiro atoms. The molecule has 13 nitrogen and oxygen atoms in total. The predicted molar refractivity (Wildman–Crippen MR) is 187 cm³/mol. The second-order valence-corrected chi connectivity index (χ2v) is 14.2. The molecule has 1 aliphatic carbocycles. The van der Waals surface area contributed by atoms with Crippen molar-refractivity contribution in [1.82, 2.24) is 34.1 Å². The predicted octanol–water partition coefficient (Wildman–Crippen LogP) is 4.83. The van der Waals surface area contributed by atoms with Crippen LogP contribution >= 0.6 is 0 Å². The SMILES string of the molecule is Cn1c(=O)n(C2CCC(=O)NC2=O)c2cccc(OC3CN(C[C@H]4CC[C@H](n5cc6cc(NC(=O)c7cccc(C(F)(F)F)n7)ccc6n5)CC4)C3)c21. The van der Waals surface area contributed by atoms with Crippen LogP contribution < -0.4 is 21.1 Å². The third kappa shape index (κ3) is 6.78. The van der Waals surface area contributed by atoms with Crippen LogP contribution in [0.15, 0.2) is 65.6 Å². The zero-order valence-electron chi connectivity index (χ0n) is 28.8. The van der Waals surface area contributed by atoms with E-state index in [0.29, 0.717) is 28.4 Å². The van der Waals surface area contributed by atoms with Gasteiger partial charge in [-0.3, -0.25) is 38.4 Å². The van der Waals surface area contributed by atoms with Gasteiger partial charge in [-0.2, -0.15) is 18.3 Å². The number of fused-ring (bicyclic) bond motifs is 2. The van der Waals surface area contributed by atoms with Gasteiger partial charge in [0.15, 0.2) is 0 Å². The van der Waals surface area contributed by atoms with Crippen LogP contribution in [0.2, 0.25) is 0 Å². The molecule has 2 N–H and O–H groups in total. The van der Waals surface area contributed by atoms with Gasteiger partial charge in [0.05, 0.1) is 17.1 Å². The molecule has 1 saturated carbocycles. The summed E-state index contributed by atoms with van der Waals surface area (Å²) in [7, 11) is 1.66. The number of imidazole rings is 1. The third-order valence-electron chi connectivity index (χ3n) is 10.6. The average molecular weight is 731 g/mol. The van der Waals surface area contributed by atoms with Crippen LogP contribution in [-0.2, 0) is 22.8 Å². The van der Waals surface area contributed by atoms with E-state index in [2.05, 4.69) is 20.5 Å². The van der Waals surface area contributed by atoms with Gasteiger partial charge >= 0.3 is 11.9 Å². The molecule has 3 aromatic heterocycles. The summed E-state index contributed by atoms with van der Waals surface area (Å²) in [6.45, 7) is 2.50. The summed E-state index contributed by atoms with van der Waals surface area (Å²) in [5.41, 5.74) is 0.647. The number of rotatable bonds is 8. The maximum absolute atomic E-state index is 13.2. The molecule has 1 unspecified atom stereocenters. The highest BCUT2D eigenvalue weighted by Crippen LogP contribution is 2.35. The van der Waals surface area contributed by atoms with E-state index in [9.17, 15) is 32.3 Å². The number of para-hydroxylation sites is 1. The van der Waals surface area contributed by atoms with E-state index in [-0.39, 0.29) is 42.3 Å². The standard InChI is InChI=1S/C37H37F3N8O5/c1-45-33-28(48(36(45)52)29-14-15-32(49)43-35(29)51)5-3-6-30(33)53-25-19-46(20-25)17-21-8-11-24(12-9-21)47-18-22-16-23(10-13-26(22)44-47)41-34(50)27-4-2-7-31(42-27)37(38,39)40/h2-7,10,13,16,18,21,24-25,29H,8-9,11-12,14-15,17,19-20H2,1H3,(H,41,50)(H,43,49,51)/t21-,24-,29?. The fourth-order valence-corrected chi connectivity index (χ4v) is 7.83. The van der Waals surface area contributed by atoms with Gasteiger partial charge in [-0.05, 0) is 80.5 Å². The number of nitrogens with one attached hydrogen (secondary N) is 2.